The zero-order valence-electron chi connectivity index (χ0n) is 16.5. The first-order valence-electron chi connectivity index (χ1n) is 9.34. The van der Waals surface area contributed by atoms with E-state index in [0.717, 1.165) is 11.1 Å². The minimum atomic E-state index is -0.591. The van der Waals surface area contributed by atoms with Crippen LogP contribution in [0, 0.1) is 11.3 Å². The molecule has 0 spiro atoms. The molecule has 0 bridgehead atoms. The van der Waals surface area contributed by atoms with Crippen LogP contribution >= 0.6 is 11.6 Å². The summed E-state index contributed by atoms with van der Waals surface area (Å²) in [7, 11) is 1.58. The molecule has 0 fully saturated rings. The van der Waals surface area contributed by atoms with Gasteiger partial charge in [0.1, 0.15) is 28.9 Å². The second-order valence-corrected chi connectivity index (χ2v) is 7.18. The minimum absolute atomic E-state index is 0.00241. The second kappa shape index (κ2) is 8.42. The number of fused-ring (bicyclic) bond motifs is 1. The van der Waals surface area contributed by atoms with Gasteiger partial charge in [-0.25, -0.2) is 4.79 Å². The molecule has 1 aliphatic heterocycles. The normalized spacial score (nSPS) is 14.8. The van der Waals surface area contributed by atoms with Gasteiger partial charge in [-0.2, -0.15) is 5.26 Å². The van der Waals surface area contributed by atoms with E-state index in [1.165, 1.54) is 0 Å². The first-order chi connectivity index (χ1) is 15.0. The van der Waals surface area contributed by atoms with E-state index in [0.29, 0.717) is 22.1 Å². The number of rotatable bonds is 4. The van der Waals surface area contributed by atoms with Crippen molar-refractivity contribution >= 4 is 17.6 Å². The first kappa shape index (κ1) is 20.3. The lowest BCUT2D eigenvalue weighted by atomic mass is 9.83. The number of methoxy groups -OCH3 is 1. The molecule has 2 N–H and O–H groups in total. The molecule has 0 radical (unpaired) electrons. The zero-order valence-corrected chi connectivity index (χ0v) is 17.2. The molecular formula is C24H17ClN2O4. The number of nitrogens with two attached hydrogens (primary N) is 1. The molecule has 0 aromatic heterocycles. The molecule has 7 heteroatoms. The van der Waals surface area contributed by atoms with Crippen LogP contribution in [0.15, 0.2) is 78.2 Å². The number of nitriles is 1. The molecule has 0 amide bonds. The average molecular weight is 433 g/mol. The molecule has 3 aromatic rings. The van der Waals surface area contributed by atoms with Crippen LogP contribution in [0.4, 0.5) is 0 Å². The van der Waals surface area contributed by atoms with Crippen molar-refractivity contribution in [2.75, 3.05) is 7.11 Å². The predicted molar refractivity (Wildman–Crippen MR) is 115 cm³/mol. The molecular weight excluding hydrogens is 416 g/mol. The monoisotopic (exact) mass is 432 g/mol. The third-order valence-corrected chi connectivity index (χ3v) is 5.25. The Bertz CT molecular complexity index is 1250. The molecule has 0 saturated heterocycles. The zero-order chi connectivity index (χ0) is 22.0. The van der Waals surface area contributed by atoms with Crippen molar-refractivity contribution in [3.05, 3.63) is 99.9 Å². The summed E-state index contributed by atoms with van der Waals surface area (Å²) in [5.41, 5.74) is 8.13. The molecule has 1 atom stereocenters. The van der Waals surface area contributed by atoms with E-state index >= 15 is 0 Å². The van der Waals surface area contributed by atoms with Crippen molar-refractivity contribution < 1.29 is 19.0 Å². The average Bonchev–Trinajstić information content (AvgIpc) is 2.78. The van der Waals surface area contributed by atoms with Gasteiger partial charge in [-0.15, -0.1) is 0 Å². The first-order valence-corrected chi connectivity index (χ1v) is 9.71. The summed E-state index contributed by atoms with van der Waals surface area (Å²) in [4.78, 5) is 12.5. The maximum atomic E-state index is 12.5. The molecule has 6 nitrogen and oxygen atoms in total. The highest BCUT2D eigenvalue weighted by atomic mass is 35.5. The summed E-state index contributed by atoms with van der Waals surface area (Å²) >= 11 is 6.07. The quantitative estimate of drug-likeness (QED) is 0.470. The van der Waals surface area contributed by atoms with E-state index in [9.17, 15) is 10.1 Å². The standard InChI is InChI=1S/C24H17ClN2O4/c1-29-15-6-4-5-14(11-15)22-18-10-9-16(12-21(18)31-23(27)19(22)13-26)30-24(28)17-7-2-3-8-20(17)25/h2-12,22H,27H2,1H3. The smallest absolute Gasteiger partial charge is 0.345 e. The summed E-state index contributed by atoms with van der Waals surface area (Å²) in [6.45, 7) is 0. The fraction of sp³-hybridized carbons (Fsp3) is 0.0833. The Morgan fingerprint density at radius 1 is 1.10 bits per heavy atom. The number of esters is 1. The van der Waals surface area contributed by atoms with Crippen LogP contribution < -0.4 is 19.9 Å². The molecule has 0 aliphatic carbocycles. The highest BCUT2D eigenvalue weighted by Crippen LogP contribution is 2.44. The molecule has 3 aromatic carbocycles. The van der Waals surface area contributed by atoms with Crippen LogP contribution in [-0.4, -0.2) is 13.1 Å². The molecule has 1 heterocycles. The number of allylic oxidation sites excluding steroid dienone is 1. The Morgan fingerprint density at radius 3 is 2.65 bits per heavy atom. The van der Waals surface area contributed by atoms with Gasteiger partial charge >= 0.3 is 5.97 Å². The van der Waals surface area contributed by atoms with Crippen LogP contribution in [0.3, 0.4) is 0 Å². The number of carbonyl (C=O) groups is 1. The van der Waals surface area contributed by atoms with Gasteiger partial charge in [-0.05, 0) is 35.9 Å². The van der Waals surface area contributed by atoms with Crippen LogP contribution in [0.5, 0.6) is 17.2 Å². The SMILES string of the molecule is COc1cccc(C2C(C#N)=C(N)Oc3cc(OC(=O)c4ccccc4Cl)ccc32)c1. The number of benzene rings is 3. The Hall–Kier alpha value is -3.95. The van der Waals surface area contributed by atoms with E-state index in [4.69, 9.17) is 31.5 Å². The van der Waals surface area contributed by atoms with Crippen molar-refractivity contribution in [3.8, 4) is 23.3 Å². The van der Waals surface area contributed by atoms with Crippen molar-refractivity contribution in [1.82, 2.24) is 0 Å². The number of nitrogens with zero attached hydrogens (tertiary/aromatic N) is 1. The number of halogens is 1. The van der Waals surface area contributed by atoms with Crippen LogP contribution in [0.25, 0.3) is 0 Å². The van der Waals surface area contributed by atoms with Gasteiger partial charge in [0.05, 0.1) is 23.6 Å². The Kier molecular flexibility index (Phi) is 5.52. The fourth-order valence-corrected chi connectivity index (χ4v) is 3.66. The van der Waals surface area contributed by atoms with E-state index in [1.54, 1.807) is 49.6 Å². The maximum absolute atomic E-state index is 12.5. The Morgan fingerprint density at radius 2 is 1.90 bits per heavy atom. The van der Waals surface area contributed by atoms with Crippen molar-refractivity contribution in [2.24, 2.45) is 5.73 Å². The second-order valence-electron chi connectivity index (χ2n) is 6.77. The lowest BCUT2D eigenvalue weighted by Crippen LogP contribution is -2.21. The van der Waals surface area contributed by atoms with Gasteiger partial charge in [-0.1, -0.05) is 41.9 Å². The summed E-state index contributed by atoms with van der Waals surface area (Å²) < 4.78 is 16.5. The molecule has 4 rings (SSSR count). The third kappa shape index (κ3) is 3.91. The number of hydrogen-bond acceptors (Lipinski definition) is 6. The summed E-state index contributed by atoms with van der Waals surface area (Å²) in [6.07, 6.45) is 0. The molecule has 0 saturated carbocycles. The van der Waals surface area contributed by atoms with E-state index < -0.39 is 11.9 Å². The summed E-state index contributed by atoms with van der Waals surface area (Å²) in [5.74, 6) is 0.281. The Labute approximate surface area is 184 Å². The van der Waals surface area contributed by atoms with Gasteiger partial charge in [0.2, 0.25) is 5.88 Å². The lowest BCUT2D eigenvalue weighted by molar-refractivity contribution is 0.0734. The number of carbonyl (C=O) groups excluding carboxylic acids is 1. The largest absolute Gasteiger partial charge is 0.497 e. The maximum Gasteiger partial charge on any atom is 0.345 e. The molecule has 154 valence electrons. The van der Waals surface area contributed by atoms with Gasteiger partial charge in [0.15, 0.2) is 0 Å². The topological polar surface area (TPSA) is 94.6 Å². The van der Waals surface area contributed by atoms with Gasteiger partial charge in [-0.3, -0.25) is 0 Å². The molecule has 1 aliphatic rings. The van der Waals surface area contributed by atoms with E-state index in [1.807, 2.05) is 24.3 Å². The van der Waals surface area contributed by atoms with Crippen LogP contribution in [-0.2, 0) is 0 Å². The number of hydrogen-bond donors (Lipinski definition) is 1. The third-order valence-electron chi connectivity index (χ3n) is 4.92. The number of ether oxygens (including phenoxy) is 3. The van der Waals surface area contributed by atoms with Gasteiger partial charge in [0.25, 0.3) is 0 Å². The highest BCUT2D eigenvalue weighted by molar-refractivity contribution is 6.33. The summed E-state index contributed by atoms with van der Waals surface area (Å²) in [5, 5.41) is 9.99. The summed E-state index contributed by atoms with van der Waals surface area (Å²) in [6, 6.07) is 21.1. The predicted octanol–water partition coefficient (Wildman–Crippen LogP) is 4.79. The van der Waals surface area contributed by atoms with Crippen LogP contribution in [0.1, 0.15) is 27.4 Å². The van der Waals surface area contributed by atoms with E-state index in [-0.39, 0.29) is 17.2 Å². The lowest BCUT2D eigenvalue weighted by Gasteiger charge is -2.27. The van der Waals surface area contributed by atoms with Gasteiger partial charge in [0, 0.05) is 11.6 Å². The van der Waals surface area contributed by atoms with Crippen molar-refractivity contribution in [3.63, 3.8) is 0 Å². The van der Waals surface area contributed by atoms with Crippen molar-refractivity contribution in [2.45, 2.75) is 5.92 Å². The highest BCUT2D eigenvalue weighted by Gasteiger charge is 2.31. The van der Waals surface area contributed by atoms with Gasteiger partial charge < -0.3 is 19.9 Å². The molecule has 31 heavy (non-hydrogen) atoms. The van der Waals surface area contributed by atoms with Crippen LogP contribution in [0.2, 0.25) is 5.02 Å². The van der Waals surface area contributed by atoms with E-state index in [2.05, 4.69) is 6.07 Å². The van der Waals surface area contributed by atoms with Crippen molar-refractivity contribution in [1.29, 1.82) is 5.26 Å². The Balaban J connectivity index is 1.71. The fourth-order valence-electron chi connectivity index (χ4n) is 3.45. The molecule has 1 unspecified atom stereocenters. The minimum Gasteiger partial charge on any atom is -0.497 e.